The molecule has 0 bridgehead atoms. The molecule has 1 fully saturated rings. The monoisotopic (exact) mass is 345 g/mol. The molecule has 0 unspecified atom stereocenters. The average Bonchev–Trinajstić information content (AvgIpc) is 2.87. The SMILES string of the molecule is CCOC(=O)c1ccn(CC[C@@H]2CN(C(=O)O)CCN2)c1C.Cl. The summed E-state index contributed by atoms with van der Waals surface area (Å²) in [4.78, 5) is 24.2. The molecule has 0 radical (unpaired) electrons. The lowest BCUT2D eigenvalue weighted by atomic mass is 10.1. The molecule has 130 valence electrons. The summed E-state index contributed by atoms with van der Waals surface area (Å²) >= 11 is 0. The Kier molecular flexibility index (Phi) is 7.38. The van der Waals surface area contributed by atoms with Gasteiger partial charge in [-0.2, -0.15) is 0 Å². The second-order valence-electron chi connectivity index (χ2n) is 5.40. The lowest BCUT2D eigenvalue weighted by molar-refractivity contribution is 0.0525. The van der Waals surface area contributed by atoms with Gasteiger partial charge in [0, 0.05) is 44.1 Å². The number of ether oxygens (including phenoxy) is 1. The topological polar surface area (TPSA) is 83.8 Å². The first kappa shape index (κ1) is 19.3. The predicted molar refractivity (Wildman–Crippen MR) is 88.4 cm³/mol. The summed E-state index contributed by atoms with van der Waals surface area (Å²) in [6.07, 6.45) is 1.81. The van der Waals surface area contributed by atoms with Crippen LogP contribution in [-0.4, -0.2) is 58.9 Å². The molecule has 2 rings (SSSR count). The minimum Gasteiger partial charge on any atom is -0.465 e. The number of halogens is 1. The van der Waals surface area contributed by atoms with Crippen LogP contribution in [-0.2, 0) is 11.3 Å². The van der Waals surface area contributed by atoms with Gasteiger partial charge in [0.15, 0.2) is 0 Å². The van der Waals surface area contributed by atoms with E-state index in [1.807, 2.05) is 17.7 Å². The summed E-state index contributed by atoms with van der Waals surface area (Å²) in [5, 5.41) is 12.4. The molecular weight excluding hydrogens is 322 g/mol. The van der Waals surface area contributed by atoms with Crippen LogP contribution in [0.5, 0.6) is 0 Å². The number of nitrogens with one attached hydrogen (secondary N) is 1. The summed E-state index contributed by atoms with van der Waals surface area (Å²) in [5.41, 5.74) is 1.47. The highest BCUT2D eigenvalue weighted by atomic mass is 35.5. The van der Waals surface area contributed by atoms with Gasteiger partial charge in [-0.25, -0.2) is 9.59 Å². The normalized spacial score (nSPS) is 17.5. The van der Waals surface area contributed by atoms with Crippen molar-refractivity contribution in [3.05, 3.63) is 23.5 Å². The quantitative estimate of drug-likeness (QED) is 0.794. The maximum Gasteiger partial charge on any atom is 0.407 e. The minimum absolute atomic E-state index is 0. The van der Waals surface area contributed by atoms with E-state index in [0.29, 0.717) is 31.8 Å². The Balaban J connectivity index is 0.00000264. The molecule has 1 atom stereocenters. The van der Waals surface area contributed by atoms with Gasteiger partial charge in [0.25, 0.3) is 0 Å². The molecule has 0 saturated carbocycles. The Morgan fingerprint density at radius 2 is 2.22 bits per heavy atom. The lowest BCUT2D eigenvalue weighted by Gasteiger charge is -2.32. The molecule has 0 spiro atoms. The third-order valence-corrected chi connectivity index (χ3v) is 3.98. The van der Waals surface area contributed by atoms with Crippen molar-refractivity contribution < 1.29 is 19.4 Å². The highest BCUT2D eigenvalue weighted by Crippen LogP contribution is 2.13. The molecule has 2 heterocycles. The second-order valence-corrected chi connectivity index (χ2v) is 5.40. The van der Waals surface area contributed by atoms with Gasteiger partial charge in [0.2, 0.25) is 0 Å². The number of aryl methyl sites for hydroxylation is 1. The van der Waals surface area contributed by atoms with Crippen LogP contribution in [0, 0.1) is 6.92 Å². The molecule has 1 amide bonds. The molecule has 1 saturated heterocycles. The van der Waals surface area contributed by atoms with E-state index in [4.69, 9.17) is 9.84 Å². The van der Waals surface area contributed by atoms with E-state index >= 15 is 0 Å². The zero-order chi connectivity index (χ0) is 16.1. The number of hydrogen-bond acceptors (Lipinski definition) is 4. The van der Waals surface area contributed by atoms with Crippen molar-refractivity contribution in [2.45, 2.75) is 32.9 Å². The zero-order valence-electron chi connectivity index (χ0n) is 13.4. The van der Waals surface area contributed by atoms with Crippen LogP contribution in [0.25, 0.3) is 0 Å². The van der Waals surface area contributed by atoms with Crippen molar-refractivity contribution >= 4 is 24.5 Å². The van der Waals surface area contributed by atoms with Crippen LogP contribution in [0.1, 0.15) is 29.4 Å². The van der Waals surface area contributed by atoms with Gasteiger partial charge in [-0.05, 0) is 26.3 Å². The standard InChI is InChI=1S/C15H23N3O4.ClH/c1-3-22-14(19)13-5-8-17(11(13)2)7-4-12-10-18(15(20)21)9-6-16-12;/h5,8,12,16H,3-4,6-7,9-10H2,1-2H3,(H,20,21);1H/t12-;/m1./s1. The number of hydrogen-bond donors (Lipinski definition) is 2. The smallest absolute Gasteiger partial charge is 0.407 e. The van der Waals surface area contributed by atoms with Crippen LogP contribution >= 0.6 is 12.4 Å². The number of piperazine rings is 1. The Morgan fingerprint density at radius 1 is 1.48 bits per heavy atom. The van der Waals surface area contributed by atoms with Crippen molar-refractivity contribution in [1.82, 2.24) is 14.8 Å². The van der Waals surface area contributed by atoms with Gasteiger partial charge in [-0.1, -0.05) is 0 Å². The van der Waals surface area contributed by atoms with Crippen LogP contribution < -0.4 is 5.32 Å². The molecule has 7 nitrogen and oxygen atoms in total. The van der Waals surface area contributed by atoms with Crippen molar-refractivity contribution in [3.8, 4) is 0 Å². The van der Waals surface area contributed by atoms with Crippen molar-refractivity contribution in [3.63, 3.8) is 0 Å². The predicted octanol–water partition coefficient (Wildman–Crippen LogP) is 1.74. The first-order chi connectivity index (χ1) is 10.5. The molecule has 23 heavy (non-hydrogen) atoms. The van der Waals surface area contributed by atoms with E-state index in [1.54, 1.807) is 13.0 Å². The number of carbonyl (C=O) groups excluding carboxylic acids is 1. The number of nitrogens with zero attached hydrogens (tertiary/aromatic N) is 2. The van der Waals surface area contributed by atoms with Gasteiger partial charge in [-0.15, -0.1) is 12.4 Å². The summed E-state index contributed by atoms with van der Waals surface area (Å²) in [7, 11) is 0. The van der Waals surface area contributed by atoms with E-state index in [0.717, 1.165) is 18.7 Å². The van der Waals surface area contributed by atoms with Gasteiger partial charge in [0.1, 0.15) is 0 Å². The lowest BCUT2D eigenvalue weighted by Crippen LogP contribution is -2.52. The first-order valence-corrected chi connectivity index (χ1v) is 7.57. The Hall–Kier alpha value is -1.73. The fourth-order valence-corrected chi connectivity index (χ4v) is 2.71. The molecule has 1 aliphatic rings. The molecular formula is C15H24ClN3O4. The molecule has 1 aromatic heterocycles. The van der Waals surface area contributed by atoms with E-state index in [1.165, 1.54) is 4.90 Å². The molecule has 1 aromatic rings. The van der Waals surface area contributed by atoms with E-state index in [-0.39, 0.29) is 24.4 Å². The summed E-state index contributed by atoms with van der Waals surface area (Å²) < 4.78 is 7.03. The third-order valence-electron chi connectivity index (χ3n) is 3.98. The highest BCUT2D eigenvalue weighted by molar-refractivity contribution is 5.90. The van der Waals surface area contributed by atoms with Crippen LogP contribution in [0.2, 0.25) is 0 Å². The fraction of sp³-hybridized carbons (Fsp3) is 0.600. The molecule has 0 aliphatic carbocycles. The van der Waals surface area contributed by atoms with E-state index in [9.17, 15) is 9.59 Å². The molecule has 2 N–H and O–H groups in total. The van der Waals surface area contributed by atoms with E-state index < -0.39 is 6.09 Å². The number of carboxylic acid groups (broad SMARTS) is 1. The Bertz CT molecular complexity index is 547. The van der Waals surface area contributed by atoms with Gasteiger partial charge < -0.3 is 24.6 Å². The van der Waals surface area contributed by atoms with Crippen molar-refractivity contribution in [2.75, 3.05) is 26.2 Å². The maximum atomic E-state index is 11.8. The van der Waals surface area contributed by atoms with Crippen LogP contribution in [0.3, 0.4) is 0 Å². The van der Waals surface area contributed by atoms with Gasteiger partial charge in [0.05, 0.1) is 12.2 Å². The molecule has 1 aliphatic heterocycles. The second kappa shape index (κ2) is 8.79. The number of aromatic nitrogens is 1. The van der Waals surface area contributed by atoms with Gasteiger partial charge >= 0.3 is 12.1 Å². The van der Waals surface area contributed by atoms with Crippen LogP contribution in [0.15, 0.2) is 12.3 Å². The van der Waals surface area contributed by atoms with E-state index in [2.05, 4.69) is 5.32 Å². The Labute approximate surface area is 142 Å². The summed E-state index contributed by atoms with van der Waals surface area (Å²) in [5.74, 6) is -0.299. The number of carbonyl (C=O) groups is 2. The average molecular weight is 346 g/mol. The third kappa shape index (κ3) is 4.87. The molecule has 8 heteroatoms. The van der Waals surface area contributed by atoms with Crippen molar-refractivity contribution in [1.29, 1.82) is 0 Å². The number of rotatable bonds is 5. The molecule has 0 aromatic carbocycles. The number of amides is 1. The maximum absolute atomic E-state index is 11.8. The van der Waals surface area contributed by atoms with Crippen molar-refractivity contribution in [2.24, 2.45) is 0 Å². The highest BCUT2D eigenvalue weighted by Gasteiger charge is 2.22. The minimum atomic E-state index is -0.867. The summed E-state index contributed by atoms with van der Waals surface area (Å²) in [6.45, 7) is 6.48. The number of esters is 1. The van der Waals surface area contributed by atoms with Gasteiger partial charge in [-0.3, -0.25) is 0 Å². The largest absolute Gasteiger partial charge is 0.465 e. The van der Waals surface area contributed by atoms with Crippen LogP contribution in [0.4, 0.5) is 4.79 Å². The summed E-state index contributed by atoms with van der Waals surface area (Å²) in [6, 6.07) is 1.91. The fourth-order valence-electron chi connectivity index (χ4n) is 2.71. The first-order valence-electron chi connectivity index (χ1n) is 7.57. The zero-order valence-corrected chi connectivity index (χ0v) is 14.3. The Morgan fingerprint density at radius 3 is 2.87 bits per heavy atom.